The van der Waals surface area contributed by atoms with Crippen LogP contribution >= 0.6 is 0 Å². The Morgan fingerprint density at radius 1 is 1.07 bits per heavy atom. The molecule has 3 amide bonds. The van der Waals surface area contributed by atoms with Gasteiger partial charge in [-0.1, -0.05) is 35.5 Å². The standard InChI is InChI=1S/C20H24N6O2/c1-25(2)19(27)14-15-8-3-4-9-16(15)22-20(28)21-12-7-13-26-18-11-6-5-10-17(18)23-24-26/h3-6,8-11H,7,12-14H2,1-2H3,(H2,21,22,28). The van der Waals surface area contributed by atoms with Crippen LogP contribution < -0.4 is 10.6 Å². The number of aromatic nitrogens is 3. The fraction of sp³-hybridized carbons (Fsp3) is 0.300. The lowest BCUT2D eigenvalue weighted by Gasteiger charge is -2.14. The molecule has 0 saturated carbocycles. The van der Waals surface area contributed by atoms with Crippen LogP contribution in [0.25, 0.3) is 11.0 Å². The van der Waals surface area contributed by atoms with Crippen molar-refractivity contribution in [2.75, 3.05) is 26.0 Å². The third-order valence-corrected chi connectivity index (χ3v) is 4.36. The highest BCUT2D eigenvalue weighted by Gasteiger charge is 2.11. The lowest BCUT2D eigenvalue weighted by atomic mass is 10.1. The summed E-state index contributed by atoms with van der Waals surface area (Å²) in [4.78, 5) is 25.7. The average Bonchev–Trinajstić information content (AvgIpc) is 3.10. The first-order chi connectivity index (χ1) is 13.5. The van der Waals surface area contributed by atoms with Crippen LogP contribution in [0.5, 0.6) is 0 Å². The molecule has 0 atom stereocenters. The van der Waals surface area contributed by atoms with Crippen LogP contribution in [0.1, 0.15) is 12.0 Å². The first-order valence-corrected chi connectivity index (χ1v) is 9.16. The number of amides is 3. The van der Waals surface area contributed by atoms with E-state index in [1.807, 2.05) is 47.1 Å². The number of likely N-dealkylation sites (N-methyl/N-ethyl adjacent to an activating group) is 1. The van der Waals surface area contributed by atoms with Gasteiger partial charge in [0.15, 0.2) is 0 Å². The number of anilines is 1. The summed E-state index contributed by atoms with van der Waals surface area (Å²) >= 11 is 0. The summed E-state index contributed by atoms with van der Waals surface area (Å²) in [5.74, 6) is -0.0188. The van der Waals surface area contributed by atoms with Gasteiger partial charge in [0.1, 0.15) is 5.52 Å². The van der Waals surface area contributed by atoms with Crippen molar-refractivity contribution in [1.82, 2.24) is 25.2 Å². The number of rotatable bonds is 7. The molecule has 0 aliphatic heterocycles. The van der Waals surface area contributed by atoms with Crippen LogP contribution in [0.2, 0.25) is 0 Å². The zero-order valence-electron chi connectivity index (χ0n) is 16.1. The van der Waals surface area contributed by atoms with Gasteiger partial charge in [-0.15, -0.1) is 5.10 Å². The summed E-state index contributed by atoms with van der Waals surface area (Å²) in [6.45, 7) is 1.16. The molecule has 3 rings (SSSR count). The van der Waals surface area contributed by atoms with E-state index in [4.69, 9.17) is 0 Å². The van der Waals surface area contributed by atoms with Gasteiger partial charge in [0, 0.05) is 32.9 Å². The number of urea groups is 1. The molecule has 0 radical (unpaired) electrons. The highest BCUT2D eigenvalue weighted by Crippen LogP contribution is 2.16. The maximum Gasteiger partial charge on any atom is 0.319 e. The molecule has 146 valence electrons. The predicted octanol–water partition coefficient (Wildman–Crippen LogP) is 2.27. The lowest BCUT2D eigenvalue weighted by molar-refractivity contribution is -0.127. The molecule has 0 unspecified atom stereocenters. The molecule has 28 heavy (non-hydrogen) atoms. The van der Waals surface area contributed by atoms with E-state index in [-0.39, 0.29) is 18.4 Å². The summed E-state index contributed by atoms with van der Waals surface area (Å²) in [5, 5.41) is 13.9. The summed E-state index contributed by atoms with van der Waals surface area (Å²) in [5.41, 5.74) is 3.26. The van der Waals surface area contributed by atoms with Crippen LogP contribution in [0.3, 0.4) is 0 Å². The number of fused-ring (bicyclic) bond motifs is 1. The van der Waals surface area contributed by atoms with Crippen molar-refractivity contribution in [3.63, 3.8) is 0 Å². The monoisotopic (exact) mass is 380 g/mol. The summed E-state index contributed by atoms with van der Waals surface area (Å²) in [6.07, 6.45) is 0.963. The Kier molecular flexibility index (Phi) is 6.21. The number of nitrogens with one attached hydrogen (secondary N) is 2. The van der Waals surface area contributed by atoms with Crippen LogP contribution in [0.15, 0.2) is 48.5 Å². The largest absolute Gasteiger partial charge is 0.349 e. The molecule has 0 spiro atoms. The van der Waals surface area contributed by atoms with Crippen LogP contribution in [-0.2, 0) is 17.8 Å². The Labute approximate surface area is 163 Å². The van der Waals surface area contributed by atoms with Gasteiger partial charge in [-0.05, 0) is 30.2 Å². The zero-order valence-corrected chi connectivity index (χ0v) is 16.1. The second kappa shape index (κ2) is 8.98. The van der Waals surface area contributed by atoms with E-state index >= 15 is 0 Å². The number of benzene rings is 2. The third kappa shape index (κ3) is 4.85. The van der Waals surface area contributed by atoms with E-state index in [1.165, 1.54) is 4.90 Å². The molecule has 0 aliphatic rings. The Hall–Kier alpha value is -3.42. The zero-order chi connectivity index (χ0) is 19.9. The molecule has 8 nitrogen and oxygen atoms in total. The summed E-state index contributed by atoms with van der Waals surface area (Å²) < 4.78 is 1.83. The number of aryl methyl sites for hydroxylation is 1. The van der Waals surface area contributed by atoms with Gasteiger partial charge in [-0.25, -0.2) is 9.48 Å². The minimum Gasteiger partial charge on any atom is -0.349 e. The molecular weight excluding hydrogens is 356 g/mol. The fourth-order valence-electron chi connectivity index (χ4n) is 2.80. The van der Waals surface area contributed by atoms with Gasteiger partial charge < -0.3 is 15.5 Å². The molecule has 2 N–H and O–H groups in total. The Morgan fingerprint density at radius 3 is 2.64 bits per heavy atom. The van der Waals surface area contributed by atoms with Gasteiger partial charge in [-0.2, -0.15) is 0 Å². The van der Waals surface area contributed by atoms with Gasteiger partial charge in [-0.3, -0.25) is 4.79 Å². The molecule has 1 heterocycles. The number of hydrogen-bond acceptors (Lipinski definition) is 4. The minimum absolute atomic E-state index is 0.0188. The molecule has 1 aromatic heterocycles. The molecule has 2 aromatic carbocycles. The Bertz CT molecular complexity index is 966. The fourth-order valence-corrected chi connectivity index (χ4v) is 2.80. The summed E-state index contributed by atoms with van der Waals surface area (Å²) in [7, 11) is 3.42. The van der Waals surface area contributed by atoms with Crippen LogP contribution in [0.4, 0.5) is 10.5 Å². The normalized spacial score (nSPS) is 10.6. The van der Waals surface area contributed by atoms with Crippen LogP contribution in [-0.4, -0.2) is 52.5 Å². The average molecular weight is 380 g/mol. The van der Waals surface area contributed by atoms with Gasteiger partial charge in [0.25, 0.3) is 0 Å². The van der Waals surface area contributed by atoms with E-state index in [9.17, 15) is 9.59 Å². The second-order valence-corrected chi connectivity index (χ2v) is 6.66. The highest BCUT2D eigenvalue weighted by atomic mass is 16.2. The number of para-hydroxylation sites is 2. The van der Waals surface area contributed by atoms with E-state index in [2.05, 4.69) is 20.9 Å². The minimum atomic E-state index is -0.298. The van der Waals surface area contributed by atoms with Gasteiger partial charge in [0.05, 0.1) is 11.9 Å². The topological polar surface area (TPSA) is 92.2 Å². The molecule has 0 aliphatic carbocycles. The maximum atomic E-state index is 12.2. The first-order valence-electron chi connectivity index (χ1n) is 9.16. The predicted molar refractivity (Wildman–Crippen MR) is 108 cm³/mol. The molecule has 0 saturated heterocycles. The van der Waals surface area contributed by atoms with E-state index in [0.29, 0.717) is 18.8 Å². The van der Waals surface area contributed by atoms with Crippen molar-refractivity contribution in [2.24, 2.45) is 0 Å². The molecule has 0 bridgehead atoms. The van der Waals surface area contributed by atoms with E-state index < -0.39 is 0 Å². The van der Waals surface area contributed by atoms with Crippen molar-refractivity contribution in [2.45, 2.75) is 19.4 Å². The summed E-state index contributed by atoms with van der Waals surface area (Å²) in [6, 6.07) is 14.8. The van der Waals surface area contributed by atoms with E-state index in [1.54, 1.807) is 20.2 Å². The van der Waals surface area contributed by atoms with Crippen molar-refractivity contribution in [3.05, 3.63) is 54.1 Å². The van der Waals surface area contributed by atoms with Crippen molar-refractivity contribution >= 4 is 28.7 Å². The third-order valence-electron chi connectivity index (χ3n) is 4.36. The Morgan fingerprint density at radius 2 is 1.82 bits per heavy atom. The smallest absolute Gasteiger partial charge is 0.319 e. The lowest BCUT2D eigenvalue weighted by Crippen LogP contribution is -2.31. The van der Waals surface area contributed by atoms with Crippen molar-refractivity contribution < 1.29 is 9.59 Å². The highest BCUT2D eigenvalue weighted by molar-refractivity contribution is 5.91. The molecule has 3 aromatic rings. The molecular formula is C20H24N6O2. The number of hydrogen-bond donors (Lipinski definition) is 2. The van der Waals surface area contributed by atoms with E-state index in [0.717, 1.165) is 23.0 Å². The van der Waals surface area contributed by atoms with Crippen molar-refractivity contribution in [1.29, 1.82) is 0 Å². The Balaban J connectivity index is 1.49. The molecule has 0 fully saturated rings. The quantitative estimate of drug-likeness (QED) is 0.615. The first kappa shape index (κ1) is 19.3. The molecule has 8 heteroatoms. The SMILES string of the molecule is CN(C)C(=O)Cc1ccccc1NC(=O)NCCCn1nnc2ccccc21. The maximum absolute atomic E-state index is 12.2. The number of carbonyl (C=O) groups is 2. The number of carbonyl (C=O) groups excluding carboxylic acids is 2. The van der Waals surface area contributed by atoms with Crippen LogP contribution in [0, 0.1) is 0 Å². The van der Waals surface area contributed by atoms with Crippen molar-refractivity contribution in [3.8, 4) is 0 Å². The number of nitrogens with zero attached hydrogens (tertiary/aromatic N) is 4. The van der Waals surface area contributed by atoms with Gasteiger partial charge in [0.2, 0.25) is 5.91 Å². The van der Waals surface area contributed by atoms with Gasteiger partial charge >= 0.3 is 6.03 Å². The second-order valence-electron chi connectivity index (χ2n) is 6.66.